The standard InChI is InChI=1S/C17H23NO3/c1-12-10-13(16(19)20)5-6-15(12)18-9-8-17(21)7-3-2-4-14(17)11-18/h5-6,10,14,21H,2-4,7-9,11H2,1H3,(H,19,20). The Hall–Kier alpha value is -1.55. The van der Waals surface area contributed by atoms with Crippen molar-refractivity contribution in [3.05, 3.63) is 29.3 Å². The minimum absolute atomic E-state index is 0.336. The zero-order chi connectivity index (χ0) is 15.0. The van der Waals surface area contributed by atoms with Crippen LogP contribution in [0.25, 0.3) is 0 Å². The second-order valence-electron chi connectivity index (χ2n) is 6.55. The summed E-state index contributed by atoms with van der Waals surface area (Å²) in [5.74, 6) is -0.538. The number of benzene rings is 1. The molecule has 0 bridgehead atoms. The van der Waals surface area contributed by atoms with Crippen LogP contribution in [0, 0.1) is 12.8 Å². The Morgan fingerprint density at radius 1 is 1.33 bits per heavy atom. The fourth-order valence-corrected chi connectivity index (χ4v) is 3.93. The van der Waals surface area contributed by atoms with E-state index in [-0.39, 0.29) is 0 Å². The minimum Gasteiger partial charge on any atom is -0.478 e. The maximum atomic E-state index is 11.0. The van der Waals surface area contributed by atoms with Crippen LogP contribution in [0.3, 0.4) is 0 Å². The van der Waals surface area contributed by atoms with Crippen LogP contribution in [-0.4, -0.2) is 34.9 Å². The van der Waals surface area contributed by atoms with Crippen LogP contribution >= 0.6 is 0 Å². The fraction of sp³-hybridized carbons (Fsp3) is 0.588. The van der Waals surface area contributed by atoms with E-state index in [0.29, 0.717) is 11.5 Å². The molecule has 21 heavy (non-hydrogen) atoms. The van der Waals surface area contributed by atoms with Crippen LogP contribution in [0.1, 0.15) is 48.0 Å². The molecule has 4 heteroatoms. The van der Waals surface area contributed by atoms with E-state index in [0.717, 1.165) is 50.0 Å². The highest BCUT2D eigenvalue weighted by molar-refractivity contribution is 5.88. The maximum absolute atomic E-state index is 11.0. The molecule has 1 saturated carbocycles. The van der Waals surface area contributed by atoms with Crippen molar-refractivity contribution < 1.29 is 15.0 Å². The van der Waals surface area contributed by atoms with Gasteiger partial charge in [-0.1, -0.05) is 12.8 Å². The number of aryl methyl sites for hydroxylation is 1. The van der Waals surface area contributed by atoms with Gasteiger partial charge in [-0.3, -0.25) is 0 Å². The smallest absolute Gasteiger partial charge is 0.335 e. The van der Waals surface area contributed by atoms with E-state index in [1.165, 1.54) is 6.42 Å². The molecule has 1 heterocycles. The second-order valence-corrected chi connectivity index (χ2v) is 6.55. The SMILES string of the molecule is Cc1cc(C(=O)O)ccc1N1CCC2(O)CCCCC2C1. The number of carboxylic acids is 1. The van der Waals surface area contributed by atoms with Crippen LogP contribution < -0.4 is 4.90 Å². The number of aliphatic hydroxyl groups is 1. The highest BCUT2D eigenvalue weighted by Gasteiger charge is 2.42. The van der Waals surface area contributed by atoms with Gasteiger partial charge in [0.05, 0.1) is 11.2 Å². The van der Waals surface area contributed by atoms with Crippen molar-refractivity contribution in [2.45, 2.75) is 44.6 Å². The summed E-state index contributed by atoms with van der Waals surface area (Å²) < 4.78 is 0. The number of hydrogen-bond acceptors (Lipinski definition) is 3. The molecule has 1 aliphatic heterocycles. The summed E-state index contributed by atoms with van der Waals surface area (Å²) in [5, 5.41) is 19.8. The van der Waals surface area contributed by atoms with Crippen LogP contribution in [0.4, 0.5) is 5.69 Å². The Balaban J connectivity index is 1.81. The van der Waals surface area contributed by atoms with E-state index < -0.39 is 11.6 Å². The first-order valence-electron chi connectivity index (χ1n) is 7.81. The lowest BCUT2D eigenvalue weighted by molar-refractivity contribution is -0.0612. The van der Waals surface area contributed by atoms with Gasteiger partial charge in [-0.15, -0.1) is 0 Å². The molecule has 0 aromatic heterocycles. The average Bonchev–Trinajstić information content (AvgIpc) is 2.46. The third-order valence-electron chi connectivity index (χ3n) is 5.21. The Morgan fingerprint density at radius 3 is 2.86 bits per heavy atom. The van der Waals surface area contributed by atoms with Crippen molar-refractivity contribution in [1.82, 2.24) is 0 Å². The van der Waals surface area contributed by atoms with Crippen molar-refractivity contribution in [1.29, 1.82) is 0 Å². The molecule has 2 fully saturated rings. The number of carbonyl (C=O) groups is 1. The lowest BCUT2D eigenvalue weighted by Crippen LogP contribution is -2.53. The summed E-state index contributed by atoms with van der Waals surface area (Å²) in [5.41, 5.74) is 1.97. The largest absolute Gasteiger partial charge is 0.478 e. The predicted molar refractivity (Wildman–Crippen MR) is 81.9 cm³/mol. The third kappa shape index (κ3) is 2.64. The molecule has 2 unspecified atom stereocenters. The topological polar surface area (TPSA) is 60.8 Å². The summed E-state index contributed by atoms with van der Waals surface area (Å²) in [6.45, 7) is 3.69. The van der Waals surface area contributed by atoms with Gasteiger partial charge in [0.1, 0.15) is 0 Å². The molecule has 0 amide bonds. The summed E-state index contributed by atoms with van der Waals surface area (Å²) >= 11 is 0. The van der Waals surface area contributed by atoms with Gasteiger partial charge in [0.15, 0.2) is 0 Å². The fourth-order valence-electron chi connectivity index (χ4n) is 3.93. The van der Waals surface area contributed by atoms with E-state index >= 15 is 0 Å². The monoisotopic (exact) mass is 289 g/mol. The number of nitrogens with zero attached hydrogens (tertiary/aromatic N) is 1. The van der Waals surface area contributed by atoms with Gasteiger partial charge in [-0.05, 0) is 49.9 Å². The normalized spacial score (nSPS) is 29.0. The van der Waals surface area contributed by atoms with Crippen molar-refractivity contribution in [2.24, 2.45) is 5.92 Å². The van der Waals surface area contributed by atoms with Crippen molar-refractivity contribution in [3.8, 4) is 0 Å². The van der Waals surface area contributed by atoms with Gasteiger partial charge in [-0.25, -0.2) is 4.79 Å². The van der Waals surface area contributed by atoms with Crippen molar-refractivity contribution in [2.75, 3.05) is 18.0 Å². The minimum atomic E-state index is -0.884. The Kier molecular flexibility index (Phi) is 3.66. The van der Waals surface area contributed by atoms with Gasteiger partial charge in [-0.2, -0.15) is 0 Å². The first-order valence-corrected chi connectivity index (χ1v) is 7.81. The number of rotatable bonds is 2. The summed E-state index contributed by atoms with van der Waals surface area (Å²) in [6, 6.07) is 5.32. The zero-order valence-corrected chi connectivity index (χ0v) is 12.5. The third-order valence-corrected chi connectivity index (χ3v) is 5.21. The lowest BCUT2D eigenvalue weighted by atomic mass is 9.71. The molecule has 1 saturated heterocycles. The molecule has 114 valence electrons. The van der Waals surface area contributed by atoms with Gasteiger partial charge in [0, 0.05) is 24.7 Å². The van der Waals surface area contributed by atoms with E-state index in [2.05, 4.69) is 4.90 Å². The van der Waals surface area contributed by atoms with Gasteiger partial charge in [0.25, 0.3) is 0 Å². The average molecular weight is 289 g/mol. The Morgan fingerprint density at radius 2 is 2.14 bits per heavy atom. The van der Waals surface area contributed by atoms with Crippen molar-refractivity contribution in [3.63, 3.8) is 0 Å². The van der Waals surface area contributed by atoms with Crippen LogP contribution in [0.15, 0.2) is 18.2 Å². The van der Waals surface area contributed by atoms with E-state index in [4.69, 9.17) is 5.11 Å². The molecule has 2 atom stereocenters. The van der Waals surface area contributed by atoms with Crippen LogP contribution in [0.2, 0.25) is 0 Å². The predicted octanol–water partition coefficient (Wildman–Crippen LogP) is 2.82. The number of fused-ring (bicyclic) bond motifs is 1. The molecule has 3 rings (SSSR count). The molecular formula is C17H23NO3. The van der Waals surface area contributed by atoms with Crippen LogP contribution in [0.5, 0.6) is 0 Å². The number of piperidine rings is 1. The molecule has 1 aromatic rings. The first kappa shape index (κ1) is 14.4. The molecule has 1 aliphatic carbocycles. The second kappa shape index (κ2) is 5.34. The number of carboxylic acid groups (broad SMARTS) is 1. The summed E-state index contributed by atoms with van der Waals surface area (Å²) in [6.07, 6.45) is 5.19. The summed E-state index contributed by atoms with van der Waals surface area (Å²) in [7, 11) is 0. The summed E-state index contributed by atoms with van der Waals surface area (Å²) in [4.78, 5) is 13.3. The molecule has 2 N–H and O–H groups in total. The molecule has 1 aromatic carbocycles. The number of aromatic carboxylic acids is 1. The molecule has 2 aliphatic rings. The number of hydrogen-bond donors (Lipinski definition) is 2. The van der Waals surface area contributed by atoms with Gasteiger partial charge < -0.3 is 15.1 Å². The van der Waals surface area contributed by atoms with Crippen molar-refractivity contribution >= 4 is 11.7 Å². The molecule has 4 nitrogen and oxygen atoms in total. The molecule has 0 spiro atoms. The number of anilines is 1. The lowest BCUT2D eigenvalue weighted by Gasteiger charge is -2.48. The highest BCUT2D eigenvalue weighted by atomic mass is 16.4. The highest BCUT2D eigenvalue weighted by Crippen LogP contribution is 2.41. The molecule has 0 radical (unpaired) electrons. The van der Waals surface area contributed by atoms with E-state index in [1.807, 2.05) is 13.0 Å². The Labute approximate surface area is 125 Å². The maximum Gasteiger partial charge on any atom is 0.335 e. The van der Waals surface area contributed by atoms with Gasteiger partial charge in [0.2, 0.25) is 0 Å². The van der Waals surface area contributed by atoms with E-state index in [1.54, 1.807) is 12.1 Å². The quantitative estimate of drug-likeness (QED) is 0.879. The van der Waals surface area contributed by atoms with Gasteiger partial charge >= 0.3 is 5.97 Å². The molecular weight excluding hydrogens is 266 g/mol. The first-order chi connectivity index (χ1) is 9.99. The zero-order valence-electron chi connectivity index (χ0n) is 12.5. The van der Waals surface area contributed by atoms with E-state index in [9.17, 15) is 9.90 Å². The Bertz CT molecular complexity index is 557. The van der Waals surface area contributed by atoms with Crippen LogP contribution in [-0.2, 0) is 0 Å².